The van der Waals surface area contributed by atoms with Crippen LogP contribution in [0.1, 0.15) is 25.7 Å². The molecule has 1 amide bonds. The van der Waals surface area contributed by atoms with Gasteiger partial charge in [0.2, 0.25) is 15.9 Å². The number of nitrogens with one attached hydrogen (secondary N) is 1. The van der Waals surface area contributed by atoms with E-state index in [0.717, 1.165) is 12.8 Å². The van der Waals surface area contributed by atoms with E-state index in [-0.39, 0.29) is 23.3 Å². The fourth-order valence-electron chi connectivity index (χ4n) is 3.28. The van der Waals surface area contributed by atoms with E-state index < -0.39 is 10.0 Å². The maximum atomic E-state index is 13.1. The van der Waals surface area contributed by atoms with Crippen LogP contribution in [0, 0.1) is 0 Å². The number of ether oxygens (including phenoxy) is 1. The van der Waals surface area contributed by atoms with Gasteiger partial charge in [-0.05, 0) is 49.2 Å². The molecule has 1 fully saturated rings. The Balaban J connectivity index is 1.79. The monoisotopic (exact) mass is 422 g/mol. The number of sulfonamides is 1. The molecule has 0 aliphatic carbocycles. The van der Waals surface area contributed by atoms with Crippen LogP contribution in [0.4, 0.5) is 0 Å². The largest absolute Gasteiger partial charge is 0.456 e. The van der Waals surface area contributed by atoms with Crippen LogP contribution in [-0.2, 0) is 14.8 Å². The van der Waals surface area contributed by atoms with Crippen molar-refractivity contribution in [3.8, 4) is 11.5 Å². The van der Waals surface area contributed by atoms with E-state index in [1.54, 1.807) is 37.4 Å². The highest BCUT2D eigenvalue weighted by Crippen LogP contribution is 2.31. The number of nitrogens with zero attached hydrogens (tertiary/aromatic N) is 1. The maximum Gasteiger partial charge on any atom is 0.243 e. The van der Waals surface area contributed by atoms with Crippen LogP contribution in [0.5, 0.6) is 11.5 Å². The molecule has 1 aliphatic rings. The smallest absolute Gasteiger partial charge is 0.243 e. The highest BCUT2D eigenvalue weighted by molar-refractivity contribution is 7.89. The summed E-state index contributed by atoms with van der Waals surface area (Å²) in [6.45, 7) is 0.419. The highest BCUT2D eigenvalue weighted by Gasteiger charge is 2.34. The lowest BCUT2D eigenvalue weighted by Gasteiger charge is -2.34. The molecule has 150 valence electrons. The van der Waals surface area contributed by atoms with Crippen LogP contribution in [0.25, 0.3) is 0 Å². The molecule has 0 unspecified atom stereocenters. The van der Waals surface area contributed by atoms with E-state index in [0.29, 0.717) is 29.5 Å². The predicted octanol–water partition coefficient (Wildman–Crippen LogP) is 3.81. The molecular weight excluding hydrogens is 400 g/mol. The zero-order valence-electron chi connectivity index (χ0n) is 15.6. The number of piperidine rings is 1. The van der Waals surface area contributed by atoms with Crippen molar-refractivity contribution in [3.05, 3.63) is 53.6 Å². The molecule has 1 heterocycles. The number of amides is 1. The van der Waals surface area contributed by atoms with Gasteiger partial charge in [-0.2, -0.15) is 4.31 Å². The Bertz CT molecular complexity index is 931. The second-order valence-electron chi connectivity index (χ2n) is 6.65. The molecule has 0 radical (unpaired) electrons. The van der Waals surface area contributed by atoms with E-state index in [9.17, 15) is 13.2 Å². The van der Waals surface area contributed by atoms with Crippen molar-refractivity contribution >= 4 is 27.5 Å². The first-order valence-corrected chi connectivity index (χ1v) is 11.0. The molecule has 28 heavy (non-hydrogen) atoms. The fraction of sp³-hybridized carbons (Fsp3) is 0.350. The van der Waals surface area contributed by atoms with Crippen molar-refractivity contribution in [2.45, 2.75) is 36.6 Å². The van der Waals surface area contributed by atoms with Crippen LogP contribution >= 0.6 is 11.6 Å². The molecule has 8 heteroatoms. The van der Waals surface area contributed by atoms with Crippen LogP contribution < -0.4 is 10.1 Å². The summed E-state index contributed by atoms with van der Waals surface area (Å²) in [5.41, 5.74) is 0. The van der Waals surface area contributed by atoms with Crippen molar-refractivity contribution < 1.29 is 17.9 Å². The number of carbonyl (C=O) groups is 1. The number of benzene rings is 2. The topological polar surface area (TPSA) is 75.7 Å². The molecule has 6 nitrogen and oxygen atoms in total. The fourth-order valence-corrected chi connectivity index (χ4v) is 5.15. The van der Waals surface area contributed by atoms with E-state index in [1.807, 2.05) is 6.07 Å². The van der Waals surface area contributed by atoms with Crippen LogP contribution in [0.15, 0.2) is 53.4 Å². The van der Waals surface area contributed by atoms with E-state index in [1.165, 1.54) is 16.4 Å². The zero-order chi connectivity index (χ0) is 20.1. The number of rotatable bonds is 6. The molecule has 1 aliphatic heterocycles. The third-order valence-electron chi connectivity index (χ3n) is 4.77. The van der Waals surface area contributed by atoms with Crippen LogP contribution in [0.2, 0.25) is 5.02 Å². The average molecular weight is 423 g/mol. The summed E-state index contributed by atoms with van der Waals surface area (Å²) in [5.74, 6) is 0.838. The van der Waals surface area contributed by atoms with Gasteiger partial charge in [0, 0.05) is 26.1 Å². The summed E-state index contributed by atoms with van der Waals surface area (Å²) < 4.78 is 33.4. The minimum atomic E-state index is -3.69. The number of para-hydroxylation sites is 1. The first-order chi connectivity index (χ1) is 13.4. The minimum absolute atomic E-state index is 0.157. The number of hydrogen-bond donors (Lipinski definition) is 1. The molecule has 1 atom stereocenters. The summed E-state index contributed by atoms with van der Waals surface area (Å²) in [7, 11) is -2.13. The van der Waals surface area contributed by atoms with Gasteiger partial charge >= 0.3 is 0 Å². The van der Waals surface area contributed by atoms with E-state index in [2.05, 4.69) is 5.32 Å². The lowest BCUT2D eigenvalue weighted by atomic mass is 10.0. The quantitative estimate of drug-likeness (QED) is 0.767. The Hall–Kier alpha value is -2.09. The second-order valence-corrected chi connectivity index (χ2v) is 8.94. The summed E-state index contributed by atoms with van der Waals surface area (Å²) in [4.78, 5) is 12.0. The molecule has 1 N–H and O–H groups in total. The van der Waals surface area contributed by atoms with Gasteiger partial charge in [-0.25, -0.2) is 8.42 Å². The normalized spacial score (nSPS) is 17.9. The Labute approximate surface area is 170 Å². The Kier molecular flexibility index (Phi) is 6.59. The molecule has 1 saturated heterocycles. The molecule has 0 spiro atoms. The lowest BCUT2D eigenvalue weighted by Crippen LogP contribution is -2.45. The highest BCUT2D eigenvalue weighted by atomic mass is 35.5. The van der Waals surface area contributed by atoms with Gasteiger partial charge in [0.1, 0.15) is 11.5 Å². The van der Waals surface area contributed by atoms with Crippen molar-refractivity contribution in [3.63, 3.8) is 0 Å². The molecule has 0 bridgehead atoms. The molecule has 2 aromatic rings. The average Bonchev–Trinajstić information content (AvgIpc) is 2.70. The SMILES string of the molecule is CNC(=O)C[C@H]1CCCCN1S(=O)(=O)c1ccc(Oc2ccccc2Cl)cc1. The van der Waals surface area contributed by atoms with Gasteiger partial charge in [-0.3, -0.25) is 4.79 Å². The Morgan fingerprint density at radius 2 is 1.89 bits per heavy atom. The summed E-state index contributed by atoms with van der Waals surface area (Å²) >= 11 is 6.09. The maximum absolute atomic E-state index is 13.1. The number of hydrogen-bond acceptors (Lipinski definition) is 4. The third-order valence-corrected chi connectivity index (χ3v) is 7.05. The Morgan fingerprint density at radius 3 is 2.57 bits per heavy atom. The van der Waals surface area contributed by atoms with Crippen molar-refractivity contribution in [2.24, 2.45) is 0 Å². The van der Waals surface area contributed by atoms with Gasteiger partial charge in [-0.15, -0.1) is 0 Å². The van der Waals surface area contributed by atoms with Gasteiger partial charge in [0.05, 0.1) is 9.92 Å². The van der Waals surface area contributed by atoms with Crippen molar-refractivity contribution in [2.75, 3.05) is 13.6 Å². The molecule has 0 saturated carbocycles. The molecule has 3 rings (SSSR count). The summed E-state index contributed by atoms with van der Waals surface area (Å²) in [6, 6.07) is 13.0. The van der Waals surface area contributed by atoms with Crippen molar-refractivity contribution in [1.29, 1.82) is 0 Å². The number of carbonyl (C=O) groups excluding carboxylic acids is 1. The second kappa shape index (κ2) is 8.94. The first-order valence-electron chi connectivity index (χ1n) is 9.16. The standard InChI is InChI=1S/C20H23ClN2O4S/c1-22-20(24)14-15-6-4-5-13-23(15)28(25,26)17-11-9-16(10-12-17)27-19-8-3-2-7-18(19)21/h2-3,7-12,15H,4-6,13-14H2,1H3,(H,22,24)/t15-/m1/s1. The Morgan fingerprint density at radius 1 is 1.18 bits per heavy atom. The molecular formula is C20H23ClN2O4S. The van der Waals surface area contributed by atoms with Gasteiger partial charge in [0.15, 0.2) is 0 Å². The third kappa shape index (κ3) is 4.66. The van der Waals surface area contributed by atoms with Crippen LogP contribution in [0.3, 0.4) is 0 Å². The first kappa shape index (κ1) is 20.6. The van der Waals surface area contributed by atoms with Gasteiger partial charge in [0.25, 0.3) is 0 Å². The minimum Gasteiger partial charge on any atom is -0.456 e. The van der Waals surface area contributed by atoms with E-state index in [4.69, 9.17) is 16.3 Å². The van der Waals surface area contributed by atoms with E-state index >= 15 is 0 Å². The van der Waals surface area contributed by atoms with Gasteiger partial charge < -0.3 is 10.1 Å². The van der Waals surface area contributed by atoms with Crippen molar-refractivity contribution in [1.82, 2.24) is 9.62 Å². The molecule has 2 aromatic carbocycles. The summed E-state index contributed by atoms with van der Waals surface area (Å²) in [5, 5.41) is 3.05. The number of halogens is 1. The van der Waals surface area contributed by atoms with Crippen LogP contribution in [-0.4, -0.2) is 38.3 Å². The predicted molar refractivity (Wildman–Crippen MR) is 108 cm³/mol. The van der Waals surface area contributed by atoms with Gasteiger partial charge in [-0.1, -0.05) is 30.2 Å². The zero-order valence-corrected chi connectivity index (χ0v) is 17.2. The summed E-state index contributed by atoms with van der Waals surface area (Å²) in [6.07, 6.45) is 2.55. The lowest BCUT2D eigenvalue weighted by molar-refractivity contribution is -0.121. The molecule has 0 aromatic heterocycles.